The highest BCUT2D eigenvalue weighted by molar-refractivity contribution is 6.88. The van der Waals surface area contributed by atoms with E-state index < -0.39 is 13.6 Å². The average Bonchev–Trinajstić information content (AvgIpc) is 3.71. The van der Waals surface area contributed by atoms with Crippen LogP contribution in [0.4, 0.5) is 4.39 Å². The van der Waals surface area contributed by atoms with Gasteiger partial charge >= 0.3 is 0 Å². The van der Waals surface area contributed by atoms with Gasteiger partial charge in [-0.3, -0.25) is 0 Å². The second-order valence-electron chi connectivity index (χ2n) is 16.4. The Morgan fingerprint density at radius 1 is 0.906 bits per heavy atom. The van der Waals surface area contributed by atoms with E-state index in [0.29, 0.717) is 29.5 Å². The van der Waals surface area contributed by atoms with Gasteiger partial charge in [-0.05, 0) is 47.0 Å². The summed E-state index contributed by atoms with van der Waals surface area (Å²) in [4.78, 5) is 0. The Hall–Kier alpha value is -5.59. The van der Waals surface area contributed by atoms with Gasteiger partial charge in [0, 0.05) is 23.1 Å². The van der Waals surface area contributed by atoms with Crippen LogP contribution in [0.5, 0.6) is 0 Å². The molecule has 1 aliphatic carbocycles. The highest BCUT2D eigenvalue weighted by atomic mass is 28.3. The second kappa shape index (κ2) is 10.7. The van der Waals surface area contributed by atoms with Crippen LogP contribution in [0.3, 0.4) is 0 Å². The number of furan rings is 1. The molecule has 0 amide bonds. The van der Waals surface area contributed by atoms with Gasteiger partial charge in [-0.2, -0.15) is 4.57 Å². The van der Waals surface area contributed by atoms with Gasteiger partial charge in [0.15, 0.2) is 28.9 Å². The molecule has 0 radical (unpaired) electrons. The highest BCUT2D eigenvalue weighted by Crippen LogP contribution is 2.67. The fourth-order valence-electron chi connectivity index (χ4n) is 10.5. The molecule has 3 aliphatic rings. The lowest BCUT2D eigenvalue weighted by atomic mass is 9.48. The summed E-state index contributed by atoms with van der Waals surface area (Å²) in [6.45, 7) is 12.5. The van der Waals surface area contributed by atoms with Gasteiger partial charge in [-0.25, -0.2) is 13.5 Å². The van der Waals surface area contributed by atoms with Crippen molar-refractivity contribution in [3.63, 3.8) is 0 Å². The Kier molecular flexibility index (Phi) is 6.28. The molecule has 4 unspecified atom stereocenters. The minimum atomic E-state index is -1.62. The quantitative estimate of drug-likeness (QED) is 0.102. The van der Waals surface area contributed by atoms with Crippen LogP contribution in [-0.4, -0.2) is 12.6 Å². The molecule has 1 fully saturated rings. The van der Waals surface area contributed by atoms with Crippen molar-refractivity contribution < 1.29 is 17.9 Å². The Morgan fingerprint density at radius 2 is 1.66 bits per heavy atom. The van der Waals surface area contributed by atoms with Crippen LogP contribution >= 0.6 is 0 Å². The van der Waals surface area contributed by atoms with Crippen molar-refractivity contribution in [2.45, 2.75) is 50.1 Å². The molecule has 5 aromatic carbocycles. The number of imidazole rings is 1. The van der Waals surface area contributed by atoms with Crippen molar-refractivity contribution in [3.8, 4) is 22.6 Å². The largest absolute Gasteiger partial charge is 0.455 e. The Balaban J connectivity index is 1.27. The fraction of sp³-hybridized carbons (Fsp3) is 0.191. The maximum absolute atomic E-state index is 16.7. The van der Waals surface area contributed by atoms with Gasteiger partial charge in [0.2, 0.25) is 5.69 Å². The van der Waals surface area contributed by atoms with Crippen molar-refractivity contribution in [1.82, 2.24) is 4.57 Å². The smallest absolute Gasteiger partial charge is 0.294 e. The normalized spacial score (nSPS) is 21.2. The monoisotopic (exact) mass is 709 g/mol. The van der Waals surface area contributed by atoms with Crippen LogP contribution in [0.1, 0.15) is 28.7 Å². The fourth-order valence-corrected chi connectivity index (χ4v) is 11.6. The minimum absolute atomic E-state index is 0.0591. The molecule has 3 aromatic heterocycles. The molecule has 2 aliphatic heterocycles. The Morgan fingerprint density at radius 3 is 2.49 bits per heavy atom. The number of benzene rings is 5. The summed E-state index contributed by atoms with van der Waals surface area (Å²) >= 11 is 0. The molecule has 11 rings (SSSR count). The van der Waals surface area contributed by atoms with Crippen molar-refractivity contribution in [3.05, 3.63) is 163 Å². The summed E-state index contributed by atoms with van der Waals surface area (Å²) in [5.41, 5.74) is 10.2. The van der Waals surface area contributed by atoms with Gasteiger partial charge in [0.25, 0.3) is 5.82 Å². The number of rotatable bonds is 4. The summed E-state index contributed by atoms with van der Waals surface area (Å²) in [6, 6.07) is 43.0. The first-order valence-corrected chi connectivity index (χ1v) is 22.3. The molecule has 1 spiro atoms. The molecule has 0 bridgehead atoms. The first-order valence-electron chi connectivity index (χ1n) is 18.8. The number of hydrogen-bond donors (Lipinski definition) is 0. The summed E-state index contributed by atoms with van der Waals surface area (Å²) < 4.78 is 31.2. The first-order chi connectivity index (χ1) is 25.8. The topological polar surface area (TPSA) is 25.8 Å². The van der Waals surface area contributed by atoms with Crippen LogP contribution in [0.15, 0.2) is 145 Å². The number of aromatic nitrogens is 3. The summed E-state index contributed by atoms with van der Waals surface area (Å²) in [6.07, 6.45) is 5.31. The van der Waals surface area contributed by atoms with E-state index >= 15 is 4.39 Å². The molecule has 6 heteroatoms. The van der Waals surface area contributed by atoms with Gasteiger partial charge in [-0.1, -0.05) is 111 Å². The lowest BCUT2D eigenvalue weighted by molar-refractivity contribution is -0.741. The number of para-hydroxylation sites is 3. The highest BCUT2D eigenvalue weighted by Gasteiger charge is 2.74. The third-order valence-corrected chi connectivity index (χ3v) is 14.7. The van der Waals surface area contributed by atoms with E-state index in [1.54, 1.807) is 0 Å². The lowest BCUT2D eigenvalue weighted by Crippen LogP contribution is -2.72. The predicted molar refractivity (Wildman–Crippen MR) is 213 cm³/mol. The number of halogens is 1. The second-order valence-corrected chi connectivity index (χ2v) is 21.4. The summed E-state index contributed by atoms with van der Waals surface area (Å²) in [5.74, 6) is 1.00. The molecule has 1 saturated carbocycles. The maximum Gasteiger partial charge on any atom is 0.294 e. The van der Waals surface area contributed by atoms with E-state index in [9.17, 15) is 0 Å². The molecule has 8 aromatic rings. The molecule has 5 heterocycles. The van der Waals surface area contributed by atoms with Crippen molar-refractivity contribution in [2.24, 2.45) is 5.92 Å². The third kappa shape index (κ3) is 3.99. The van der Waals surface area contributed by atoms with Crippen molar-refractivity contribution >= 4 is 46.2 Å². The average molecular weight is 710 g/mol. The van der Waals surface area contributed by atoms with E-state index in [1.165, 1.54) is 33.1 Å². The zero-order chi connectivity index (χ0) is 35.8. The Labute approximate surface area is 309 Å². The van der Waals surface area contributed by atoms with Gasteiger partial charge < -0.3 is 4.42 Å². The van der Waals surface area contributed by atoms with E-state index in [-0.39, 0.29) is 23.7 Å². The van der Waals surface area contributed by atoms with E-state index in [2.05, 4.69) is 143 Å². The number of nitrogens with zero attached hydrogens (tertiary/aromatic N) is 3. The van der Waals surface area contributed by atoms with Crippen LogP contribution in [0.25, 0.3) is 55.6 Å². The molecular formula is C47H40FN3OSi+2. The zero-order valence-electron chi connectivity index (χ0n) is 30.2. The van der Waals surface area contributed by atoms with Gasteiger partial charge in [0.1, 0.15) is 29.0 Å². The van der Waals surface area contributed by atoms with Crippen molar-refractivity contribution in [2.75, 3.05) is 0 Å². The molecule has 0 N–H and O–H groups in total. The molecule has 258 valence electrons. The van der Waals surface area contributed by atoms with Gasteiger partial charge in [-0.15, -0.1) is 6.58 Å². The van der Waals surface area contributed by atoms with Crippen LogP contribution < -0.4 is 14.3 Å². The molecule has 0 saturated heterocycles. The number of hydrogen-bond acceptors (Lipinski definition) is 1. The molecule has 4 atom stereocenters. The number of pyridine rings is 1. The standard InChI is InChI=1S/C47H40FN3OSi/c1-5-35-44-43(33-18-10-9-17-32(33)37-24-23-31(28-49(37)44)53(2,3)4)47(35)26-30-25-36(48)42-34-19-11-14-22-40(34)52-45(42)41(30)46-50(27-29-15-7-6-8-16-29)38-20-12-13-21-39(38)51(46)47/h5-25,28,35,43-44H,1,26-27H2,2-4H3/q+2. The lowest BCUT2D eigenvalue weighted by Gasteiger charge is -2.58. The minimum Gasteiger partial charge on any atom is -0.455 e. The number of allylic oxidation sites excluding steroid dienone is 1. The predicted octanol–water partition coefficient (Wildman–Crippen LogP) is 9.59. The first kappa shape index (κ1) is 31.0. The molecular weight excluding hydrogens is 670 g/mol. The van der Waals surface area contributed by atoms with E-state index in [0.717, 1.165) is 27.9 Å². The SMILES string of the molecule is C=CC1C2C(c3ccccc3-c3ccc([Si](C)(C)C)c[n+]32)C12Cc1cc(F)c3c(oc4ccccc43)c1-c1n2c2ccccc2[n+]1Cc1ccccc1. The molecule has 53 heavy (non-hydrogen) atoms. The molecule has 4 nitrogen and oxygen atoms in total. The van der Waals surface area contributed by atoms with Crippen LogP contribution in [0.2, 0.25) is 19.6 Å². The summed E-state index contributed by atoms with van der Waals surface area (Å²) in [7, 11) is -1.62. The van der Waals surface area contributed by atoms with Gasteiger partial charge in [0.05, 0.1) is 30.9 Å². The van der Waals surface area contributed by atoms with E-state index in [4.69, 9.17) is 4.42 Å². The number of fused-ring (bicyclic) bond motifs is 17. The summed E-state index contributed by atoms with van der Waals surface area (Å²) in [5, 5.41) is 2.80. The Bertz CT molecular complexity index is 2850. The van der Waals surface area contributed by atoms with E-state index in [1.807, 2.05) is 30.3 Å². The third-order valence-electron chi connectivity index (χ3n) is 12.7. The zero-order valence-corrected chi connectivity index (χ0v) is 31.2. The van der Waals surface area contributed by atoms with Crippen LogP contribution in [0, 0.1) is 11.7 Å². The maximum atomic E-state index is 16.7. The van der Waals surface area contributed by atoms with Crippen LogP contribution in [-0.2, 0) is 18.5 Å². The van der Waals surface area contributed by atoms with Crippen molar-refractivity contribution in [1.29, 1.82) is 0 Å².